The number of nitrogens with one attached hydrogen (secondary N) is 1. The Labute approximate surface area is 196 Å². The van der Waals surface area contributed by atoms with E-state index in [-0.39, 0.29) is 35.8 Å². The number of nitrogens with zero attached hydrogens (tertiary/aromatic N) is 2. The molecule has 2 aliphatic heterocycles. The molecule has 3 amide bonds. The molecule has 0 spiro atoms. The summed E-state index contributed by atoms with van der Waals surface area (Å²) < 4.78 is 10.7. The van der Waals surface area contributed by atoms with Gasteiger partial charge in [0.05, 0.1) is 0 Å². The molecule has 8 nitrogen and oxygen atoms in total. The van der Waals surface area contributed by atoms with Gasteiger partial charge in [0.2, 0.25) is 18.6 Å². The van der Waals surface area contributed by atoms with Crippen molar-refractivity contribution in [1.29, 1.82) is 0 Å². The van der Waals surface area contributed by atoms with E-state index < -0.39 is 6.04 Å². The molecule has 2 heterocycles. The van der Waals surface area contributed by atoms with Crippen molar-refractivity contribution < 1.29 is 23.9 Å². The summed E-state index contributed by atoms with van der Waals surface area (Å²) in [7, 11) is 0. The van der Waals surface area contributed by atoms with Gasteiger partial charge in [-0.25, -0.2) is 0 Å². The van der Waals surface area contributed by atoms with Gasteiger partial charge in [-0.1, -0.05) is 20.8 Å². The van der Waals surface area contributed by atoms with Gasteiger partial charge in [0.15, 0.2) is 11.5 Å². The highest BCUT2D eigenvalue weighted by Gasteiger charge is 2.36. The van der Waals surface area contributed by atoms with Crippen molar-refractivity contribution in [3.63, 3.8) is 0 Å². The third kappa shape index (κ3) is 6.18. The van der Waals surface area contributed by atoms with Crippen molar-refractivity contribution in [3.05, 3.63) is 23.8 Å². The number of amides is 3. The predicted octanol–water partition coefficient (Wildman–Crippen LogP) is 3.06. The first-order valence-electron chi connectivity index (χ1n) is 11.9. The number of likely N-dealkylation sites (tertiary alicyclic amines) is 1. The van der Waals surface area contributed by atoms with Gasteiger partial charge in [-0.3, -0.25) is 14.4 Å². The molecule has 3 rings (SSSR count). The van der Waals surface area contributed by atoms with Crippen LogP contribution in [-0.4, -0.2) is 66.5 Å². The Balaban J connectivity index is 1.72. The van der Waals surface area contributed by atoms with Gasteiger partial charge in [0.25, 0.3) is 5.91 Å². The van der Waals surface area contributed by atoms with E-state index in [1.807, 2.05) is 18.7 Å². The third-order valence-corrected chi connectivity index (χ3v) is 6.31. The van der Waals surface area contributed by atoms with Crippen LogP contribution in [0.1, 0.15) is 64.2 Å². The van der Waals surface area contributed by atoms with Gasteiger partial charge in [-0.05, 0) is 56.2 Å². The average molecular weight is 460 g/mol. The Kier molecular flexibility index (Phi) is 7.87. The predicted molar refractivity (Wildman–Crippen MR) is 125 cm³/mol. The molecule has 0 saturated carbocycles. The number of fused-ring (bicyclic) bond motifs is 1. The van der Waals surface area contributed by atoms with E-state index in [1.54, 1.807) is 23.1 Å². The van der Waals surface area contributed by atoms with Crippen molar-refractivity contribution in [3.8, 4) is 11.5 Å². The van der Waals surface area contributed by atoms with Gasteiger partial charge < -0.3 is 24.6 Å². The van der Waals surface area contributed by atoms with Gasteiger partial charge in [-0.15, -0.1) is 0 Å². The van der Waals surface area contributed by atoms with Gasteiger partial charge in [-0.2, -0.15) is 0 Å². The first-order valence-corrected chi connectivity index (χ1v) is 11.9. The smallest absolute Gasteiger partial charge is 0.252 e. The van der Waals surface area contributed by atoms with Crippen LogP contribution in [-0.2, 0) is 9.59 Å². The summed E-state index contributed by atoms with van der Waals surface area (Å²) in [6, 6.07) is 4.39. The largest absolute Gasteiger partial charge is 0.454 e. The monoisotopic (exact) mass is 459 g/mol. The lowest BCUT2D eigenvalue weighted by molar-refractivity contribution is -0.136. The molecule has 8 heteroatoms. The summed E-state index contributed by atoms with van der Waals surface area (Å²) in [5.41, 5.74) is 0.364. The quantitative estimate of drug-likeness (QED) is 0.677. The number of hydrogen-bond donors (Lipinski definition) is 1. The molecule has 0 aromatic heterocycles. The topological polar surface area (TPSA) is 88.2 Å². The zero-order valence-corrected chi connectivity index (χ0v) is 20.5. The Morgan fingerprint density at radius 2 is 1.73 bits per heavy atom. The highest BCUT2D eigenvalue weighted by molar-refractivity contribution is 5.98. The Morgan fingerprint density at radius 1 is 1.09 bits per heavy atom. The molecule has 33 heavy (non-hydrogen) atoms. The van der Waals surface area contributed by atoms with E-state index in [9.17, 15) is 14.4 Å². The molecule has 1 saturated heterocycles. The van der Waals surface area contributed by atoms with Crippen molar-refractivity contribution in [2.24, 2.45) is 11.3 Å². The minimum Gasteiger partial charge on any atom is -0.454 e. The summed E-state index contributed by atoms with van der Waals surface area (Å²) in [5.74, 6) is 0.861. The summed E-state index contributed by atoms with van der Waals surface area (Å²) in [6.45, 7) is 12.5. The molecule has 1 atom stereocenters. The maximum Gasteiger partial charge on any atom is 0.252 e. The van der Waals surface area contributed by atoms with Crippen LogP contribution in [0.3, 0.4) is 0 Å². The number of rotatable bonds is 7. The van der Waals surface area contributed by atoms with Crippen LogP contribution in [0.5, 0.6) is 11.5 Å². The zero-order valence-electron chi connectivity index (χ0n) is 20.5. The number of hydrogen-bond acceptors (Lipinski definition) is 5. The van der Waals surface area contributed by atoms with Crippen LogP contribution in [0.25, 0.3) is 0 Å². The SMILES string of the molecule is CCN(CC)C(=O)C(NC(=O)c1ccc2c(c1)OCO2)C1CCN(C(=O)CC(C)(C)C)CC1. The van der Waals surface area contributed by atoms with Crippen LogP contribution in [0.2, 0.25) is 0 Å². The molecule has 0 aliphatic carbocycles. The normalized spacial score (nSPS) is 16.9. The highest BCUT2D eigenvalue weighted by atomic mass is 16.7. The molecule has 2 aliphatic rings. The molecule has 0 bridgehead atoms. The fourth-order valence-electron chi connectivity index (χ4n) is 4.42. The fraction of sp³-hybridized carbons (Fsp3) is 0.640. The van der Waals surface area contributed by atoms with Crippen LogP contribution in [0, 0.1) is 11.3 Å². The minimum absolute atomic E-state index is 0.0326. The standard InChI is InChI=1S/C25H37N3O5/c1-6-27(7-2)24(31)22(17-10-12-28(13-11-17)21(29)15-25(3,4)5)26-23(30)18-8-9-19-20(14-18)33-16-32-19/h8-9,14,17,22H,6-7,10-13,15-16H2,1-5H3,(H,26,30). The molecule has 1 aromatic carbocycles. The zero-order chi connectivity index (χ0) is 24.2. The number of carbonyl (C=O) groups is 3. The second-order valence-corrected chi connectivity index (χ2v) is 9.99. The van der Waals surface area contributed by atoms with Crippen LogP contribution < -0.4 is 14.8 Å². The molecule has 1 aromatic rings. The van der Waals surface area contributed by atoms with Crippen LogP contribution >= 0.6 is 0 Å². The first-order chi connectivity index (χ1) is 15.6. The van der Waals surface area contributed by atoms with E-state index in [0.717, 1.165) is 0 Å². The molecular weight excluding hydrogens is 422 g/mol. The fourth-order valence-corrected chi connectivity index (χ4v) is 4.42. The average Bonchev–Trinajstić information content (AvgIpc) is 3.25. The third-order valence-electron chi connectivity index (χ3n) is 6.31. The second kappa shape index (κ2) is 10.4. The van der Waals surface area contributed by atoms with E-state index in [4.69, 9.17) is 9.47 Å². The molecular formula is C25H37N3O5. The van der Waals surface area contributed by atoms with E-state index in [1.165, 1.54) is 0 Å². The second-order valence-electron chi connectivity index (χ2n) is 9.99. The van der Waals surface area contributed by atoms with Gasteiger partial charge >= 0.3 is 0 Å². The lowest BCUT2D eigenvalue weighted by atomic mass is 9.86. The number of piperidine rings is 1. The number of ether oxygens (including phenoxy) is 2. The van der Waals surface area contributed by atoms with Crippen LogP contribution in [0.4, 0.5) is 0 Å². The summed E-state index contributed by atoms with van der Waals surface area (Å²) in [5, 5.41) is 3.00. The van der Waals surface area contributed by atoms with Crippen molar-refractivity contribution in [2.75, 3.05) is 33.0 Å². The Morgan fingerprint density at radius 3 is 2.33 bits per heavy atom. The maximum absolute atomic E-state index is 13.3. The summed E-state index contributed by atoms with van der Waals surface area (Å²) >= 11 is 0. The molecule has 0 radical (unpaired) electrons. The van der Waals surface area contributed by atoms with Crippen LogP contribution in [0.15, 0.2) is 18.2 Å². The lowest BCUT2D eigenvalue weighted by Crippen LogP contribution is -2.54. The van der Waals surface area contributed by atoms with Gasteiger partial charge in [0, 0.05) is 38.2 Å². The Bertz CT molecular complexity index is 867. The number of likely N-dealkylation sites (N-methyl/N-ethyl adjacent to an activating group) is 1. The first kappa shape index (κ1) is 24.9. The van der Waals surface area contributed by atoms with E-state index in [0.29, 0.717) is 62.5 Å². The molecule has 1 N–H and O–H groups in total. The number of carbonyl (C=O) groups excluding carboxylic acids is 3. The van der Waals surface area contributed by atoms with E-state index in [2.05, 4.69) is 26.1 Å². The minimum atomic E-state index is -0.636. The highest BCUT2D eigenvalue weighted by Crippen LogP contribution is 2.33. The number of benzene rings is 1. The molecule has 182 valence electrons. The molecule has 1 unspecified atom stereocenters. The summed E-state index contributed by atoms with van der Waals surface area (Å²) in [6.07, 6.45) is 1.85. The molecule has 1 fully saturated rings. The maximum atomic E-state index is 13.3. The van der Waals surface area contributed by atoms with Crippen molar-refractivity contribution >= 4 is 17.7 Å². The van der Waals surface area contributed by atoms with Crippen molar-refractivity contribution in [2.45, 2.75) is 59.9 Å². The van der Waals surface area contributed by atoms with E-state index >= 15 is 0 Å². The van der Waals surface area contributed by atoms with Gasteiger partial charge in [0.1, 0.15) is 6.04 Å². The lowest BCUT2D eigenvalue weighted by Gasteiger charge is -2.38. The van der Waals surface area contributed by atoms with Crippen molar-refractivity contribution in [1.82, 2.24) is 15.1 Å². The Hall–Kier alpha value is -2.77. The summed E-state index contributed by atoms with van der Waals surface area (Å²) in [4.78, 5) is 42.7.